The number of piperazine rings is 1. The van der Waals surface area contributed by atoms with E-state index in [0.29, 0.717) is 16.9 Å². The average Bonchev–Trinajstić information content (AvgIpc) is 3.56. The van der Waals surface area contributed by atoms with Gasteiger partial charge >= 0.3 is 6.09 Å². The Hall–Kier alpha value is -3.37. The minimum atomic E-state index is -2.79. The van der Waals surface area contributed by atoms with Gasteiger partial charge in [-0.1, -0.05) is 0 Å². The zero-order valence-corrected chi connectivity index (χ0v) is 20.2. The molecule has 11 heteroatoms. The van der Waals surface area contributed by atoms with Crippen LogP contribution in [-0.4, -0.2) is 63.2 Å². The van der Waals surface area contributed by atoms with E-state index in [1.807, 2.05) is 0 Å². The predicted octanol–water partition coefficient (Wildman–Crippen LogP) is 5.27. The van der Waals surface area contributed by atoms with Gasteiger partial charge in [-0.15, -0.1) is 0 Å². The van der Waals surface area contributed by atoms with Crippen molar-refractivity contribution in [2.75, 3.05) is 24.5 Å². The summed E-state index contributed by atoms with van der Waals surface area (Å²) in [4.78, 5) is 24.2. The number of benzene rings is 1. The van der Waals surface area contributed by atoms with Crippen LogP contribution in [0.15, 0.2) is 30.7 Å². The largest absolute Gasteiger partial charge is 0.444 e. The van der Waals surface area contributed by atoms with Gasteiger partial charge in [0.15, 0.2) is 0 Å². The molecule has 7 nitrogen and oxygen atoms in total. The van der Waals surface area contributed by atoms with Crippen LogP contribution in [0.5, 0.6) is 0 Å². The average molecular weight is 506 g/mol. The summed E-state index contributed by atoms with van der Waals surface area (Å²) < 4.78 is 63.1. The van der Waals surface area contributed by atoms with Gasteiger partial charge in [-0.05, 0) is 57.2 Å². The number of hydrogen-bond donors (Lipinski definition) is 0. The lowest BCUT2D eigenvalue weighted by Crippen LogP contribution is -2.59. The number of fused-ring (bicyclic) bond motifs is 1. The minimum Gasteiger partial charge on any atom is -0.444 e. The fourth-order valence-electron chi connectivity index (χ4n) is 4.66. The summed E-state index contributed by atoms with van der Waals surface area (Å²) in [5.41, 5.74) is 0.816. The Kier molecular flexibility index (Phi) is 6.04. The molecule has 36 heavy (non-hydrogen) atoms. The van der Waals surface area contributed by atoms with E-state index in [1.54, 1.807) is 36.4 Å². The molecule has 1 aromatic carbocycles. The van der Waals surface area contributed by atoms with Crippen molar-refractivity contribution < 1.29 is 27.1 Å². The van der Waals surface area contributed by atoms with E-state index in [1.165, 1.54) is 18.5 Å². The van der Waals surface area contributed by atoms with E-state index in [9.17, 15) is 22.4 Å². The van der Waals surface area contributed by atoms with Crippen LogP contribution in [0, 0.1) is 11.6 Å². The summed E-state index contributed by atoms with van der Waals surface area (Å²) in [6.07, 6.45) is 1.43. The second-order valence-electron chi connectivity index (χ2n) is 10.3. The van der Waals surface area contributed by atoms with Crippen LogP contribution in [0.2, 0.25) is 0 Å². The minimum absolute atomic E-state index is 0.0317. The number of aromatic nitrogens is 3. The van der Waals surface area contributed by atoms with Gasteiger partial charge in [0.2, 0.25) is 0 Å². The van der Waals surface area contributed by atoms with E-state index < -0.39 is 35.8 Å². The monoisotopic (exact) mass is 505 g/mol. The normalized spacial score (nSPS) is 18.8. The van der Waals surface area contributed by atoms with Gasteiger partial charge in [0.1, 0.15) is 41.1 Å². The van der Waals surface area contributed by atoms with Crippen molar-refractivity contribution in [1.82, 2.24) is 19.4 Å². The highest BCUT2D eigenvalue weighted by atomic mass is 19.3. The molecule has 2 aromatic heterocycles. The zero-order chi connectivity index (χ0) is 25.8. The predicted molar refractivity (Wildman–Crippen MR) is 126 cm³/mol. The summed E-state index contributed by atoms with van der Waals surface area (Å²) in [6.45, 7) is 5.20. The molecule has 2 fully saturated rings. The Morgan fingerprint density at radius 3 is 2.39 bits per heavy atom. The second kappa shape index (κ2) is 8.94. The number of alkyl halides is 2. The van der Waals surface area contributed by atoms with Crippen molar-refractivity contribution in [2.24, 2.45) is 0 Å². The smallest absolute Gasteiger partial charge is 0.410 e. The zero-order valence-electron chi connectivity index (χ0n) is 20.2. The van der Waals surface area contributed by atoms with Crippen molar-refractivity contribution in [2.45, 2.75) is 57.6 Å². The molecule has 2 aliphatic rings. The molecular weight excluding hydrogens is 478 g/mol. The third-order valence-corrected chi connectivity index (χ3v) is 6.37. The molecule has 0 radical (unpaired) electrons. The van der Waals surface area contributed by atoms with E-state index >= 15 is 0 Å². The quantitative estimate of drug-likeness (QED) is 0.453. The number of rotatable bonds is 4. The first-order chi connectivity index (χ1) is 17.0. The summed E-state index contributed by atoms with van der Waals surface area (Å²) in [5.74, 6) is -0.739. The maximum Gasteiger partial charge on any atom is 0.410 e. The molecule has 1 aliphatic heterocycles. The fraction of sp³-hybridized carbons (Fsp3) is 0.480. The Bertz CT molecular complexity index is 1280. The highest BCUT2D eigenvalue weighted by Gasteiger charge is 2.40. The lowest BCUT2D eigenvalue weighted by Gasteiger charge is -2.41. The van der Waals surface area contributed by atoms with Gasteiger partial charge in [-0.2, -0.15) is 0 Å². The van der Waals surface area contributed by atoms with Gasteiger partial charge in [0.05, 0.1) is 11.1 Å². The SMILES string of the molecule is CC(C)(C)OC(=O)N1CCN(c2ncnc3c2c(C2CC2)cn3-c2cc(F)cc(F)c2)C[C@@H]1C(F)F. The summed E-state index contributed by atoms with van der Waals surface area (Å²) >= 11 is 0. The summed E-state index contributed by atoms with van der Waals surface area (Å²) in [5, 5.41) is 0.670. The first-order valence-corrected chi connectivity index (χ1v) is 11.9. The van der Waals surface area contributed by atoms with Crippen molar-refractivity contribution in [1.29, 1.82) is 0 Å². The Balaban J connectivity index is 1.54. The number of ether oxygens (including phenoxy) is 1. The molecule has 0 unspecified atom stereocenters. The molecule has 1 aliphatic carbocycles. The van der Waals surface area contributed by atoms with Crippen LogP contribution in [-0.2, 0) is 4.74 Å². The molecule has 3 aromatic rings. The lowest BCUT2D eigenvalue weighted by molar-refractivity contribution is -0.0179. The maximum atomic E-state index is 14.1. The molecule has 1 atom stereocenters. The molecule has 3 heterocycles. The molecule has 5 rings (SSSR count). The van der Waals surface area contributed by atoms with Gasteiger partial charge in [-0.25, -0.2) is 32.3 Å². The highest BCUT2D eigenvalue weighted by molar-refractivity contribution is 5.93. The van der Waals surface area contributed by atoms with Crippen molar-refractivity contribution in [3.63, 3.8) is 0 Å². The van der Waals surface area contributed by atoms with Crippen molar-refractivity contribution in [3.05, 3.63) is 47.9 Å². The fourth-order valence-corrected chi connectivity index (χ4v) is 4.66. The van der Waals surface area contributed by atoms with Gasteiger partial charge < -0.3 is 14.2 Å². The summed E-state index contributed by atoms with van der Waals surface area (Å²) in [7, 11) is 0. The number of nitrogens with zero attached hydrogens (tertiary/aromatic N) is 5. The van der Waals surface area contributed by atoms with Crippen LogP contribution in [0.3, 0.4) is 0 Å². The number of carbonyl (C=O) groups is 1. The number of anilines is 1. The van der Waals surface area contributed by atoms with Crippen molar-refractivity contribution in [3.8, 4) is 5.69 Å². The van der Waals surface area contributed by atoms with E-state index in [2.05, 4.69) is 9.97 Å². The van der Waals surface area contributed by atoms with Crippen LogP contribution < -0.4 is 4.90 Å². The molecule has 0 N–H and O–H groups in total. The molecule has 1 saturated heterocycles. The number of hydrogen-bond acceptors (Lipinski definition) is 5. The van der Waals surface area contributed by atoms with Crippen LogP contribution in [0.4, 0.5) is 28.2 Å². The molecule has 0 bridgehead atoms. The van der Waals surface area contributed by atoms with Gasteiger partial charge in [0, 0.05) is 31.9 Å². The van der Waals surface area contributed by atoms with Crippen LogP contribution >= 0.6 is 0 Å². The number of amides is 1. The van der Waals surface area contributed by atoms with Gasteiger partial charge in [-0.3, -0.25) is 4.90 Å². The maximum absolute atomic E-state index is 14.1. The highest BCUT2D eigenvalue weighted by Crippen LogP contribution is 2.46. The molecular formula is C25H27F4N5O2. The topological polar surface area (TPSA) is 63.5 Å². The van der Waals surface area contributed by atoms with Crippen molar-refractivity contribution >= 4 is 22.9 Å². The molecule has 192 valence electrons. The first-order valence-electron chi connectivity index (χ1n) is 11.9. The Morgan fingerprint density at radius 1 is 1.08 bits per heavy atom. The Labute approximate surface area is 205 Å². The van der Waals surface area contributed by atoms with Gasteiger partial charge in [0.25, 0.3) is 6.43 Å². The first kappa shape index (κ1) is 24.3. The Morgan fingerprint density at radius 2 is 1.78 bits per heavy atom. The summed E-state index contributed by atoms with van der Waals surface area (Å²) in [6, 6.07) is 1.84. The lowest BCUT2D eigenvalue weighted by atomic mass is 10.1. The number of carbonyl (C=O) groups excluding carboxylic acids is 1. The van der Waals surface area contributed by atoms with E-state index in [-0.39, 0.29) is 31.2 Å². The second-order valence-corrected chi connectivity index (χ2v) is 10.3. The standard InChI is InChI=1S/C25H27F4N5O2/c1-25(2,3)36-24(35)33-7-6-32(12-19(33)21(28)29)22-20-18(14-4-5-14)11-34(23(20)31-13-30-22)17-9-15(26)8-16(27)10-17/h8-11,13-14,19,21H,4-7,12H2,1-3H3/t19-/m1/s1. The van der Waals surface area contributed by atoms with E-state index in [0.717, 1.165) is 29.4 Å². The number of halogens is 4. The third-order valence-electron chi connectivity index (χ3n) is 6.37. The van der Waals surface area contributed by atoms with E-state index in [4.69, 9.17) is 4.74 Å². The molecule has 1 amide bonds. The van der Waals surface area contributed by atoms with Crippen LogP contribution in [0.25, 0.3) is 16.7 Å². The van der Waals surface area contributed by atoms with Crippen LogP contribution in [0.1, 0.15) is 45.1 Å². The third kappa shape index (κ3) is 4.70. The molecule has 1 saturated carbocycles. The molecule has 0 spiro atoms.